The van der Waals surface area contributed by atoms with Gasteiger partial charge < -0.3 is 0 Å². The van der Waals surface area contributed by atoms with E-state index in [0.717, 1.165) is 0 Å². The highest BCUT2D eigenvalue weighted by Gasteiger charge is 2.02. The molecule has 1 N–H and O–H groups in total. The lowest BCUT2D eigenvalue weighted by molar-refractivity contribution is -0.121. The molecule has 16 heavy (non-hydrogen) atoms. The van der Waals surface area contributed by atoms with Crippen LogP contribution in [0.3, 0.4) is 0 Å². The van der Waals surface area contributed by atoms with E-state index in [0.29, 0.717) is 12.0 Å². The fourth-order valence-corrected chi connectivity index (χ4v) is 1.17. The van der Waals surface area contributed by atoms with Crippen LogP contribution in [0.5, 0.6) is 0 Å². The summed E-state index contributed by atoms with van der Waals surface area (Å²) in [7, 11) is 0. The molecule has 1 amide bonds. The second kappa shape index (κ2) is 6.00. The molecule has 0 atom stereocenters. The number of hydrazone groups is 1. The van der Waals surface area contributed by atoms with Gasteiger partial charge >= 0.3 is 0 Å². The SMILES string of the molecule is CC(C)CC(=O)N/N=C/c1ccccc1F. The van der Waals surface area contributed by atoms with Crippen molar-refractivity contribution in [2.75, 3.05) is 0 Å². The summed E-state index contributed by atoms with van der Waals surface area (Å²) in [6, 6.07) is 6.25. The molecule has 0 aliphatic heterocycles. The molecule has 0 unspecified atom stereocenters. The molecule has 4 heteroatoms. The highest BCUT2D eigenvalue weighted by Crippen LogP contribution is 2.02. The summed E-state index contributed by atoms with van der Waals surface area (Å²) in [5.41, 5.74) is 2.71. The number of benzene rings is 1. The minimum atomic E-state index is -0.357. The zero-order chi connectivity index (χ0) is 12.0. The Kier molecular flexibility index (Phi) is 4.64. The number of nitrogens with one attached hydrogen (secondary N) is 1. The predicted octanol–water partition coefficient (Wildman–Crippen LogP) is 2.32. The van der Waals surface area contributed by atoms with E-state index in [1.165, 1.54) is 12.3 Å². The predicted molar refractivity (Wildman–Crippen MR) is 61.6 cm³/mol. The lowest BCUT2D eigenvalue weighted by atomic mass is 10.1. The van der Waals surface area contributed by atoms with Gasteiger partial charge in [0.2, 0.25) is 5.91 Å². The molecular weight excluding hydrogens is 207 g/mol. The lowest BCUT2D eigenvalue weighted by Crippen LogP contribution is -2.19. The average Bonchev–Trinajstić information content (AvgIpc) is 2.19. The van der Waals surface area contributed by atoms with Crippen molar-refractivity contribution >= 4 is 12.1 Å². The molecule has 0 aliphatic rings. The Morgan fingerprint density at radius 1 is 1.50 bits per heavy atom. The molecule has 0 heterocycles. The molecule has 1 rings (SSSR count). The Labute approximate surface area is 94.4 Å². The molecule has 0 bridgehead atoms. The first kappa shape index (κ1) is 12.4. The first-order chi connectivity index (χ1) is 7.59. The van der Waals surface area contributed by atoms with Crippen LogP contribution in [0.2, 0.25) is 0 Å². The molecule has 0 saturated heterocycles. The van der Waals surface area contributed by atoms with Gasteiger partial charge in [-0.15, -0.1) is 0 Å². The van der Waals surface area contributed by atoms with Crippen molar-refractivity contribution in [2.24, 2.45) is 11.0 Å². The number of hydrogen-bond acceptors (Lipinski definition) is 2. The van der Waals surface area contributed by atoms with E-state index < -0.39 is 0 Å². The zero-order valence-electron chi connectivity index (χ0n) is 9.40. The average molecular weight is 222 g/mol. The van der Waals surface area contributed by atoms with Crippen molar-refractivity contribution in [3.05, 3.63) is 35.6 Å². The van der Waals surface area contributed by atoms with Crippen molar-refractivity contribution in [3.63, 3.8) is 0 Å². The molecule has 0 spiro atoms. The maximum Gasteiger partial charge on any atom is 0.240 e. The topological polar surface area (TPSA) is 41.5 Å². The number of halogens is 1. The van der Waals surface area contributed by atoms with Crippen LogP contribution in [-0.4, -0.2) is 12.1 Å². The summed E-state index contributed by atoms with van der Waals surface area (Å²) in [6.07, 6.45) is 1.71. The van der Waals surface area contributed by atoms with E-state index in [1.54, 1.807) is 18.2 Å². The van der Waals surface area contributed by atoms with Crippen LogP contribution in [0.25, 0.3) is 0 Å². The van der Waals surface area contributed by atoms with Gasteiger partial charge in [0, 0.05) is 12.0 Å². The maximum absolute atomic E-state index is 13.1. The highest BCUT2D eigenvalue weighted by atomic mass is 19.1. The van der Waals surface area contributed by atoms with Crippen LogP contribution in [0.1, 0.15) is 25.8 Å². The van der Waals surface area contributed by atoms with E-state index in [4.69, 9.17) is 0 Å². The molecule has 1 aromatic carbocycles. The fraction of sp³-hybridized carbons (Fsp3) is 0.333. The molecule has 0 saturated carbocycles. The van der Waals surface area contributed by atoms with E-state index in [1.807, 2.05) is 13.8 Å². The third kappa shape index (κ3) is 4.21. The summed E-state index contributed by atoms with van der Waals surface area (Å²) in [5.74, 6) is -0.240. The van der Waals surface area contributed by atoms with E-state index >= 15 is 0 Å². The number of hydrogen-bond donors (Lipinski definition) is 1. The lowest BCUT2D eigenvalue weighted by Gasteiger charge is -2.02. The monoisotopic (exact) mass is 222 g/mol. The minimum Gasteiger partial charge on any atom is -0.273 e. The number of amides is 1. The van der Waals surface area contributed by atoms with Gasteiger partial charge in [-0.3, -0.25) is 4.79 Å². The van der Waals surface area contributed by atoms with Crippen molar-refractivity contribution < 1.29 is 9.18 Å². The van der Waals surface area contributed by atoms with Crippen LogP contribution in [0.15, 0.2) is 29.4 Å². The van der Waals surface area contributed by atoms with E-state index in [2.05, 4.69) is 10.5 Å². The third-order valence-electron chi connectivity index (χ3n) is 1.89. The number of carbonyl (C=O) groups is 1. The van der Waals surface area contributed by atoms with Gasteiger partial charge in [0.15, 0.2) is 0 Å². The van der Waals surface area contributed by atoms with E-state index in [9.17, 15) is 9.18 Å². The van der Waals surface area contributed by atoms with Gasteiger partial charge in [0.05, 0.1) is 6.21 Å². The number of rotatable bonds is 4. The Hall–Kier alpha value is -1.71. The molecule has 0 aromatic heterocycles. The molecule has 3 nitrogen and oxygen atoms in total. The molecule has 0 aliphatic carbocycles. The standard InChI is InChI=1S/C12H15FN2O/c1-9(2)7-12(16)15-14-8-10-5-3-4-6-11(10)13/h3-6,8-9H,7H2,1-2H3,(H,15,16)/b14-8+. The fourth-order valence-electron chi connectivity index (χ4n) is 1.17. The first-order valence-corrected chi connectivity index (χ1v) is 5.16. The molecule has 0 fully saturated rings. The molecule has 1 aromatic rings. The number of carbonyl (C=O) groups excluding carboxylic acids is 1. The van der Waals surface area contributed by atoms with Crippen LogP contribution in [-0.2, 0) is 4.79 Å². The maximum atomic E-state index is 13.1. The summed E-state index contributed by atoms with van der Waals surface area (Å²) < 4.78 is 13.1. The zero-order valence-corrected chi connectivity index (χ0v) is 9.40. The molecule has 86 valence electrons. The van der Waals surface area contributed by atoms with Crippen LogP contribution in [0.4, 0.5) is 4.39 Å². The quantitative estimate of drug-likeness (QED) is 0.616. The second-order valence-electron chi connectivity index (χ2n) is 3.91. The number of nitrogens with zero attached hydrogens (tertiary/aromatic N) is 1. The van der Waals surface area contributed by atoms with Crippen LogP contribution < -0.4 is 5.43 Å². The summed E-state index contributed by atoms with van der Waals surface area (Å²) in [4.78, 5) is 11.2. The van der Waals surface area contributed by atoms with Gasteiger partial charge in [-0.2, -0.15) is 5.10 Å². The smallest absolute Gasteiger partial charge is 0.240 e. The van der Waals surface area contributed by atoms with Crippen molar-refractivity contribution in [3.8, 4) is 0 Å². The van der Waals surface area contributed by atoms with Crippen molar-refractivity contribution in [1.29, 1.82) is 0 Å². The van der Waals surface area contributed by atoms with Crippen molar-refractivity contribution in [1.82, 2.24) is 5.43 Å². The Morgan fingerprint density at radius 3 is 2.81 bits per heavy atom. The first-order valence-electron chi connectivity index (χ1n) is 5.16. The van der Waals surface area contributed by atoms with E-state index in [-0.39, 0.29) is 17.6 Å². The second-order valence-corrected chi connectivity index (χ2v) is 3.91. The molecule has 0 radical (unpaired) electrons. The van der Waals surface area contributed by atoms with Crippen LogP contribution in [0, 0.1) is 11.7 Å². The normalized spacial score (nSPS) is 11.0. The summed E-state index contributed by atoms with van der Waals surface area (Å²) in [5, 5.41) is 3.69. The molecular formula is C12H15FN2O. The highest BCUT2D eigenvalue weighted by molar-refractivity contribution is 5.82. The largest absolute Gasteiger partial charge is 0.273 e. The van der Waals surface area contributed by atoms with Gasteiger partial charge in [-0.25, -0.2) is 9.82 Å². The van der Waals surface area contributed by atoms with Gasteiger partial charge in [-0.1, -0.05) is 32.0 Å². The van der Waals surface area contributed by atoms with Gasteiger partial charge in [-0.05, 0) is 12.0 Å². The van der Waals surface area contributed by atoms with Crippen LogP contribution >= 0.6 is 0 Å². The van der Waals surface area contributed by atoms with Gasteiger partial charge in [0.25, 0.3) is 0 Å². The summed E-state index contributed by atoms with van der Waals surface area (Å²) >= 11 is 0. The minimum absolute atomic E-state index is 0.164. The Morgan fingerprint density at radius 2 is 2.19 bits per heavy atom. The third-order valence-corrected chi connectivity index (χ3v) is 1.89. The van der Waals surface area contributed by atoms with Crippen molar-refractivity contribution in [2.45, 2.75) is 20.3 Å². The Bertz CT molecular complexity index is 388. The Balaban J connectivity index is 2.49. The van der Waals surface area contributed by atoms with Gasteiger partial charge in [0.1, 0.15) is 5.82 Å². The summed E-state index contributed by atoms with van der Waals surface area (Å²) in [6.45, 7) is 3.89.